The van der Waals surface area contributed by atoms with Crippen molar-refractivity contribution in [1.82, 2.24) is 5.43 Å². The molecule has 0 saturated heterocycles. The number of carbonyl (C=O) groups excluding carboxylic acids is 1. The molecule has 1 aromatic heterocycles. The number of hydrogen-bond acceptors (Lipinski definition) is 4. The van der Waals surface area contributed by atoms with E-state index in [9.17, 15) is 13.6 Å². The summed E-state index contributed by atoms with van der Waals surface area (Å²) in [5.41, 5.74) is 3.46. The Morgan fingerprint density at radius 2 is 1.96 bits per heavy atom. The van der Waals surface area contributed by atoms with E-state index in [2.05, 4.69) is 15.3 Å². The summed E-state index contributed by atoms with van der Waals surface area (Å²) in [6, 6.07) is 7.83. The normalized spacial score (nSPS) is 11.7. The van der Waals surface area contributed by atoms with E-state index in [1.54, 1.807) is 45.0 Å². The molecule has 1 heterocycles. The Kier molecular flexibility index (Phi) is 5.10. The molecule has 1 aromatic carbocycles. The Balaban J connectivity index is 2.17. The molecule has 0 bridgehead atoms. The molecule has 0 saturated carbocycles. The predicted octanol–water partition coefficient (Wildman–Crippen LogP) is 3.65. The van der Waals surface area contributed by atoms with Gasteiger partial charge in [0.25, 0.3) is 5.91 Å². The van der Waals surface area contributed by atoms with Crippen LogP contribution in [0.4, 0.5) is 8.78 Å². The van der Waals surface area contributed by atoms with Crippen LogP contribution >= 0.6 is 0 Å². The van der Waals surface area contributed by atoms with Crippen LogP contribution < -0.4 is 10.2 Å². The van der Waals surface area contributed by atoms with Crippen LogP contribution in [0.1, 0.15) is 34.4 Å². The van der Waals surface area contributed by atoms with Crippen molar-refractivity contribution >= 4 is 11.6 Å². The molecule has 0 atom stereocenters. The Morgan fingerprint density at radius 3 is 2.57 bits per heavy atom. The second-order valence-corrected chi connectivity index (χ2v) is 4.84. The predicted molar refractivity (Wildman–Crippen MR) is 80.9 cm³/mol. The zero-order valence-corrected chi connectivity index (χ0v) is 12.9. The zero-order valence-electron chi connectivity index (χ0n) is 12.9. The molecular formula is C16H16F2N2O3. The van der Waals surface area contributed by atoms with Gasteiger partial charge in [-0.25, -0.2) is 5.43 Å². The van der Waals surface area contributed by atoms with E-state index in [0.717, 1.165) is 0 Å². The van der Waals surface area contributed by atoms with Crippen molar-refractivity contribution in [2.24, 2.45) is 5.10 Å². The lowest BCUT2D eigenvalue weighted by atomic mass is 10.1. The molecule has 1 N–H and O–H groups in total. The molecule has 23 heavy (non-hydrogen) atoms. The van der Waals surface area contributed by atoms with Gasteiger partial charge < -0.3 is 9.15 Å². The van der Waals surface area contributed by atoms with Gasteiger partial charge in [-0.05, 0) is 39.0 Å². The number of nitrogens with zero attached hydrogens (tertiary/aromatic N) is 1. The summed E-state index contributed by atoms with van der Waals surface area (Å²) in [5, 5.41) is 3.94. The lowest BCUT2D eigenvalue weighted by Gasteiger charge is -2.10. The van der Waals surface area contributed by atoms with Crippen molar-refractivity contribution in [3.05, 3.63) is 53.0 Å². The van der Waals surface area contributed by atoms with Crippen molar-refractivity contribution in [1.29, 1.82) is 0 Å². The van der Waals surface area contributed by atoms with Crippen LogP contribution in [0.5, 0.6) is 5.75 Å². The highest BCUT2D eigenvalue weighted by molar-refractivity contribution is 6.02. The third-order valence-corrected chi connectivity index (χ3v) is 3.10. The maximum atomic E-state index is 12.4. The van der Waals surface area contributed by atoms with E-state index in [0.29, 0.717) is 28.4 Å². The summed E-state index contributed by atoms with van der Waals surface area (Å²) in [6.07, 6.45) is 0. The fourth-order valence-electron chi connectivity index (χ4n) is 2.08. The second-order valence-electron chi connectivity index (χ2n) is 4.84. The van der Waals surface area contributed by atoms with Crippen LogP contribution in [0.3, 0.4) is 0 Å². The first kappa shape index (κ1) is 16.7. The third kappa shape index (κ3) is 4.15. The first-order chi connectivity index (χ1) is 10.9. The minimum atomic E-state index is -2.94. The molecule has 0 unspecified atom stereocenters. The number of furan rings is 1. The number of ether oxygens (including phenoxy) is 1. The number of nitrogens with one attached hydrogen (secondary N) is 1. The fraction of sp³-hybridized carbons (Fsp3) is 0.250. The second kappa shape index (κ2) is 7.04. The monoisotopic (exact) mass is 322 g/mol. The minimum Gasteiger partial charge on any atom is -0.466 e. The number of para-hydroxylation sites is 1. The highest BCUT2D eigenvalue weighted by Crippen LogP contribution is 2.21. The summed E-state index contributed by atoms with van der Waals surface area (Å²) >= 11 is 0. The van der Waals surface area contributed by atoms with Crippen LogP contribution in [-0.2, 0) is 0 Å². The molecule has 0 aliphatic rings. The largest absolute Gasteiger partial charge is 0.466 e. The Labute approximate surface area is 131 Å². The maximum Gasteiger partial charge on any atom is 0.387 e. The SMILES string of the molecule is C/C(=N\NC(=O)c1cc(C)oc1C)c1ccccc1OC(F)F. The first-order valence-electron chi connectivity index (χ1n) is 6.84. The molecule has 2 rings (SSSR count). The van der Waals surface area contributed by atoms with Gasteiger partial charge in [-0.3, -0.25) is 4.79 Å². The van der Waals surface area contributed by atoms with Gasteiger partial charge in [0, 0.05) is 5.56 Å². The van der Waals surface area contributed by atoms with Crippen molar-refractivity contribution in [2.45, 2.75) is 27.4 Å². The Hall–Kier alpha value is -2.70. The van der Waals surface area contributed by atoms with Gasteiger partial charge in [-0.15, -0.1) is 0 Å². The van der Waals surface area contributed by atoms with Gasteiger partial charge in [-0.1, -0.05) is 12.1 Å². The first-order valence-corrected chi connectivity index (χ1v) is 6.84. The van der Waals surface area contributed by atoms with Crippen molar-refractivity contribution in [2.75, 3.05) is 0 Å². The molecule has 5 nitrogen and oxygen atoms in total. The summed E-state index contributed by atoms with van der Waals surface area (Å²) in [6.45, 7) is 2.05. The molecule has 0 fully saturated rings. The molecule has 0 aliphatic heterocycles. The van der Waals surface area contributed by atoms with Gasteiger partial charge in [-0.2, -0.15) is 13.9 Å². The van der Waals surface area contributed by atoms with E-state index >= 15 is 0 Å². The van der Waals surface area contributed by atoms with E-state index in [1.807, 2.05) is 0 Å². The number of hydrazone groups is 1. The number of alkyl halides is 2. The van der Waals surface area contributed by atoms with Gasteiger partial charge in [0.1, 0.15) is 17.3 Å². The minimum absolute atomic E-state index is 0.00617. The average molecular weight is 322 g/mol. The van der Waals surface area contributed by atoms with E-state index < -0.39 is 12.5 Å². The zero-order chi connectivity index (χ0) is 17.0. The lowest BCUT2D eigenvalue weighted by Crippen LogP contribution is -2.20. The van der Waals surface area contributed by atoms with Crippen LogP contribution in [0.15, 0.2) is 39.9 Å². The fourth-order valence-corrected chi connectivity index (χ4v) is 2.08. The molecule has 0 aliphatic carbocycles. The van der Waals surface area contributed by atoms with Gasteiger partial charge in [0.15, 0.2) is 0 Å². The van der Waals surface area contributed by atoms with Gasteiger partial charge in [0.05, 0.1) is 11.3 Å². The number of benzene rings is 1. The van der Waals surface area contributed by atoms with E-state index in [-0.39, 0.29) is 5.75 Å². The molecule has 2 aromatic rings. The number of rotatable bonds is 5. The van der Waals surface area contributed by atoms with Gasteiger partial charge >= 0.3 is 6.61 Å². The Morgan fingerprint density at radius 1 is 1.26 bits per heavy atom. The molecular weight excluding hydrogens is 306 g/mol. The van der Waals surface area contributed by atoms with E-state index in [4.69, 9.17) is 4.42 Å². The standard InChI is InChI=1S/C16H16F2N2O3/c1-9-8-13(11(3)22-9)15(21)20-19-10(2)12-6-4-5-7-14(12)23-16(17)18/h4-8,16H,1-3H3,(H,20,21)/b19-10+. The number of hydrogen-bond donors (Lipinski definition) is 1. The quantitative estimate of drug-likeness (QED) is 0.675. The van der Waals surface area contributed by atoms with Gasteiger partial charge in [0.2, 0.25) is 0 Å². The highest BCUT2D eigenvalue weighted by Gasteiger charge is 2.14. The van der Waals surface area contributed by atoms with Crippen LogP contribution in [0.2, 0.25) is 0 Å². The number of carbonyl (C=O) groups is 1. The summed E-state index contributed by atoms with van der Waals surface area (Å²) in [7, 11) is 0. The van der Waals surface area contributed by atoms with Crippen molar-refractivity contribution in [3.63, 3.8) is 0 Å². The Bertz CT molecular complexity index is 739. The highest BCUT2D eigenvalue weighted by atomic mass is 19.3. The number of aryl methyl sites for hydroxylation is 2. The summed E-state index contributed by atoms with van der Waals surface area (Å²) in [5.74, 6) is 0.651. The van der Waals surface area contributed by atoms with Crippen molar-refractivity contribution in [3.8, 4) is 5.75 Å². The third-order valence-electron chi connectivity index (χ3n) is 3.10. The topological polar surface area (TPSA) is 63.8 Å². The summed E-state index contributed by atoms with van der Waals surface area (Å²) in [4.78, 5) is 12.0. The summed E-state index contributed by atoms with van der Waals surface area (Å²) < 4.78 is 34.5. The van der Waals surface area contributed by atoms with Crippen LogP contribution in [-0.4, -0.2) is 18.2 Å². The van der Waals surface area contributed by atoms with E-state index in [1.165, 1.54) is 6.07 Å². The number of halogens is 2. The molecule has 1 amide bonds. The molecule has 7 heteroatoms. The molecule has 122 valence electrons. The average Bonchev–Trinajstić information content (AvgIpc) is 2.83. The van der Waals surface area contributed by atoms with Crippen LogP contribution in [0, 0.1) is 13.8 Å². The van der Waals surface area contributed by atoms with Crippen LogP contribution in [0.25, 0.3) is 0 Å². The molecule has 0 radical (unpaired) electrons. The number of amides is 1. The lowest BCUT2D eigenvalue weighted by molar-refractivity contribution is -0.0499. The van der Waals surface area contributed by atoms with Crippen molar-refractivity contribution < 1.29 is 22.7 Å². The maximum absolute atomic E-state index is 12.4. The smallest absolute Gasteiger partial charge is 0.387 e. The molecule has 0 spiro atoms.